The lowest BCUT2D eigenvalue weighted by atomic mass is 10.2. The van der Waals surface area contributed by atoms with E-state index in [1.807, 2.05) is 43.0 Å². The lowest BCUT2D eigenvalue weighted by Crippen LogP contribution is -2.37. The van der Waals surface area contributed by atoms with Crippen LogP contribution in [-0.2, 0) is 16.4 Å². The SMILES string of the molecule is CCN(Cc1nnc(-c2cccc(Br)c2)o1)C(C)CS(C)(=O)=O. The van der Waals surface area contributed by atoms with Crippen LogP contribution in [0, 0.1) is 0 Å². The highest BCUT2D eigenvalue weighted by atomic mass is 79.9. The molecule has 0 spiro atoms. The smallest absolute Gasteiger partial charge is 0.247 e. The van der Waals surface area contributed by atoms with Crippen molar-refractivity contribution in [1.29, 1.82) is 0 Å². The average molecular weight is 402 g/mol. The molecule has 1 atom stereocenters. The summed E-state index contributed by atoms with van der Waals surface area (Å²) in [5.74, 6) is 1.03. The van der Waals surface area contributed by atoms with Gasteiger partial charge in [0.05, 0.1) is 12.3 Å². The van der Waals surface area contributed by atoms with Crippen LogP contribution in [0.15, 0.2) is 33.2 Å². The van der Waals surface area contributed by atoms with Gasteiger partial charge in [-0.25, -0.2) is 8.42 Å². The summed E-state index contributed by atoms with van der Waals surface area (Å²) in [5, 5.41) is 8.13. The number of halogens is 1. The highest BCUT2D eigenvalue weighted by Gasteiger charge is 2.20. The first-order chi connectivity index (χ1) is 10.8. The molecular weight excluding hydrogens is 382 g/mol. The quantitative estimate of drug-likeness (QED) is 0.709. The first-order valence-electron chi connectivity index (χ1n) is 7.28. The number of rotatable bonds is 7. The minimum absolute atomic E-state index is 0.105. The molecule has 0 aliphatic rings. The van der Waals surface area contributed by atoms with Crippen LogP contribution in [-0.4, -0.2) is 48.1 Å². The average Bonchev–Trinajstić information content (AvgIpc) is 2.91. The molecule has 0 fully saturated rings. The van der Waals surface area contributed by atoms with Crippen LogP contribution >= 0.6 is 15.9 Å². The van der Waals surface area contributed by atoms with E-state index < -0.39 is 9.84 Å². The number of sulfone groups is 1. The van der Waals surface area contributed by atoms with Gasteiger partial charge in [-0.3, -0.25) is 4.90 Å². The van der Waals surface area contributed by atoms with E-state index in [0.29, 0.717) is 24.9 Å². The maximum absolute atomic E-state index is 11.5. The molecule has 0 N–H and O–H groups in total. The Morgan fingerprint density at radius 2 is 2.09 bits per heavy atom. The van der Waals surface area contributed by atoms with Gasteiger partial charge in [-0.1, -0.05) is 28.9 Å². The van der Waals surface area contributed by atoms with E-state index in [2.05, 4.69) is 26.1 Å². The van der Waals surface area contributed by atoms with Crippen molar-refractivity contribution >= 4 is 25.8 Å². The van der Waals surface area contributed by atoms with Crippen molar-refractivity contribution in [2.24, 2.45) is 0 Å². The lowest BCUT2D eigenvalue weighted by Gasteiger charge is -2.25. The van der Waals surface area contributed by atoms with Gasteiger partial charge in [-0.15, -0.1) is 10.2 Å². The highest BCUT2D eigenvalue weighted by molar-refractivity contribution is 9.10. The van der Waals surface area contributed by atoms with Gasteiger partial charge >= 0.3 is 0 Å². The number of hydrogen-bond acceptors (Lipinski definition) is 6. The fraction of sp³-hybridized carbons (Fsp3) is 0.467. The van der Waals surface area contributed by atoms with E-state index in [1.165, 1.54) is 6.26 Å². The summed E-state index contributed by atoms with van der Waals surface area (Å²) in [4.78, 5) is 2.00. The van der Waals surface area contributed by atoms with E-state index in [-0.39, 0.29) is 11.8 Å². The first-order valence-corrected chi connectivity index (χ1v) is 10.1. The second-order valence-corrected chi connectivity index (χ2v) is 8.62. The van der Waals surface area contributed by atoms with Crippen molar-refractivity contribution in [3.05, 3.63) is 34.6 Å². The molecule has 1 heterocycles. The normalized spacial score (nSPS) is 13.4. The van der Waals surface area contributed by atoms with E-state index in [9.17, 15) is 8.42 Å². The molecule has 1 aromatic heterocycles. The minimum Gasteiger partial charge on any atom is -0.419 e. The zero-order valence-corrected chi connectivity index (χ0v) is 15.8. The molecule has 8 heteroatoms. The zero-order chi connectivity index (χ0) is 17.0. The molecule has 1 unspecified atom stereocenters. The van der Waals surface area contributed by atoms with Gasteiger partial charge in [-0.2, -0.15) is 0 Å². The molecule has 1 aromatic carbocycles. The molecule has 0 saturated carbocycles. The summed E-state index contributed by atoms with van der Waals surface area (Å²) < 4.78 is 29.5. The number of nitrogens with zero attached hydrogens (tertiary/aromatic N) is 3. The Kier molecular flexibility index (Phi) is 5.94. The van der Waals surface area contributed by atoms with Crippen molar-refractivity contribution in [3.63, 3.8) is 0 Å². The molecule has 0 bridgehead atoms. The maximum Gasteiger partial charge on any atom is 0.247 e. The second-order valence-electron chi connectivity index (χ2n) is 5.52. The number of hydrogen-bond donors (Lipinski definition) is 0. The van der Waals surface area contributed by atoms with Gasteiger partial charge in [0.2, 0.25) is 11.8 Å². The number of aromatic nitrogens is 2. The van der Waals surface area contributed by atoms with Crippen LogP contribution in [0.1, 0.15) is 19.7 Å². The van der Waals surface area contributed by atoms with Crippen molar-refractivity contribution in [1.82, 2.24) is 15.1 Å². The molecule has 0 saturated heterocycles. The highest BCUT2D eigenvalue weighted by Crippen LogP contribution is 2.22. The zero-order valence-electron chi connectivity index (χ0n) is 13.4. The summed E-state index contributed by atoms with van der Waals surface area (Å²) >= 11 is 3.41. The van der Waals surface area contributed by atoms with Gasteiger partial charge in [-0.05, 0) is 31.7 Å². The topological polar surface area (TPSA) is 76.3 Å². The van der Waals surface area contributed by atoms with Crippen molar-refractivity contribution in [2.45, 2.75) is 26.4 Å². The van der Waals surface area contributed by atoms with Crippen molar-refractivity contribution in [2.75, 3.05) is 18.6 Å². The van der Waals surface area contributed by atoms with Gasteiger partial charge in [0.15, 0.2) is 0 Å². The number of benzene rings is 1. The van der Waals surface area contributed by atoms with Crippen molar-refractivity contribution < 1.29 is 12.8 Å². The molecule has 0 aliphatic carbocycles. The van der Waals surface area contributed by atoms with E-state index >= 15 is 0 Å². The lowest BCUT2D eigenvalue weighted by molar-refractivity contribution is 0.205. The Bertz CT molecular complexity index is 761. The molecule has 2 rings (SSSR count). The third-order valence-corrected chi connectivity index (χ3v) is 5.03. The summed E-state index contributed by atoms with van der Waals surface area (Å²) in [6.07, 6.45) is 1.25. The predicted molar refractivity (Wildman–Crippen MR) is 92.7 cm³/mol. The fourth-order valence-electron chi connectivity index (χ4n) is 2.35. The Morgan fingerprint density at radius 3 is 2.70 bits per heavy atom. The van der Waals surface area contributed by atoms with Crippen LogP contribution in [0.2, 0.25) is 0 Å². The monoisotopic (exact) mass is 401 g/mol. The van der Waals surface area contributed by atoms with Crippen LogP contribution in [0.3, 0.4) is 0 Å². The van der Waals surface area contributed by atoms with Crippen LogP contribution < -0.4 is 0 Å². The Balaban J connectivity index is 2.10. The molecule has 2 aromatic rings. The Morgan fingerprint density at radius 1 is 1.35 bits per heavy atom. The summed E-state index contributed by atoms with van der Waals surface area (Å²) in [6.45, 7) is 4.99. The Hall–Kier alpha value is -1.25. The molecule has 23 heavy (non-hydrogen) atoms. The van der Waals surface area contributed by atoms with Crippen LogP contribution in [0.5, 0.6) is 0 Å². The molecule has 0 amide bonds. The summed E-state index contributed by atoms with van der Waals surface area (Å²) in [5.41, 5.74) is 0.838. The van der Waals surface area contributed by atoms with Crippen LogP contribution in [0.25, 0.3) is 11.5 Å². The van der Waals surface area contributed by atoms with E-state index in [0.717, 1.165) is 10.0 Å². The first kappa shape index (κ1) is 18.1. The molecule has 126 valence electrons. The van der Waals surface area contributed by atoms with Crippen LogP contribution in [0.4, 0.5) is 0 Å². The predicted octanol–water partition coefficient (Wildman–Crippen LogP) is 2.75. The molecule has 6 nitrogen and oxygen atoms in total. The van der Waals surface area contributed by atoms with Gasteiger partial charge in [0.1, 0.15) is 9.84 Å². The second kappa shape index (κ2) is 7.55. The summed E-state index contributed by atoms with van der Waals surface area (Å²) in [7, 11) is -3.03. The minimum atomic E-state index is -3.03. The standard InChI is InChI=1S/C15H20BrN3O3S/c1-4-19(11(2)10-23(3,20)21)9-14-17-18-15(22-14)12-6-5-7-13(16)8-12/h5-8,11H,4,9-10H2,1-3H3. The third kappa shape index (κ3) is 5.40. The Labute approximate surface area is 144 Å². The van der Waals surface area contributed by atoms with E-state index in [4.69, 9.17) is 4.42 Å². The largest absolute Gasteiger partial charge is 0.419 e. The third-order valence-electron chi connectivity index (χ3n) is 3.45. The van der Waals surface area contributed by atoms with E-state index in [1.54, 1.807) is 0 Å². The molecule has 0 radical (unpaired) electrons. The maximum atomic E-state index is 11.5. The van der Waals surface area contributed by atoms with Gasteiger partial charge in [0, 0.05) is 22.3 Å². The van der Waals surface area contributed by atoms with Gasteiger partial charge in [0.25, 0.3) is 0 Å². The molecular formula is C15H20BrN3O3S. The van der Waals surface area contributed by atoms with Crippen molar-refractivity contribution in [3.8, 4) is 11.5 Å². The summed E-state index contributed by atoms with van der Waals surface area (Å²) in [6, 6.07) is 7.51. The van der Waals surface area contributed by atoms with Gasteiger partial charge < -0.3 is 4.42 Å². The fourth-order valence-corrected chi connectivity index (χ4v) is 3.84. The molecule has 0 aliphatic heterocycles.